The van der Waals surface area contributed by atoms with E-state index in [2.05, 4.69) is 10.3 Å². The fourth-order valence-corrected chi connectivity index (χ4v) is 2.39. The van der Waals surface area contributed by atoms with Crippen molar-refractivity contribution in [3.8, 4) is 0 Å². The second-order valence-electron chi connectivity index (χ2n) is 5.51. The van der Waals surface area contributed by atoms with Crippen molar-refractivity contribution in [3.05, 3.63) is 71.9 Å². The van der Waals surface area contributed by atoms with Crippen LogP contribution in [0.3, 0.4) is 0 Å². The summed E-state index contributed by atoms with van der Waals surface area (Å²) in [5.74, 6) is -3.45. The Balaban J connectivity index is 1.75. The van der Waals surface area contributed by atoms with Crippen LogP contribution in [0.1, 0.15) is 17.3 Å². The van der Waals surface area contributed by atoms with Gasteiger partial charge in [-0.05, 0) is 31.2 Å². The van der Waals surface area contributed by atoms with E-state index in [4.69, 9.17) is 4.74 Å². The van der Waals surface area contributed by atoms with Gasteiger partial charge in [-0.3, -0.25) is 9.78 Å². The zero-order valence-corrected chi connectivity index (χ0v) is 13.7. The van der Waals surface area contributed by atoms with Gasteiger partial charge in [0.15, 0.2) is 6.10 Å². The number of para-hydroxylation sites is 2. The number of carbonyl (C=O) groups is 2. The summed E-state index contributed by atoms with van der Waals surface area (Å²) in [5, 5.41) is 2.83. The second-order valence-corrected chi connectivity index (χ2v) is 5.51. The van der Waals surface area contributed by atoms with Crippen LogP contribution in [0.4, 0.5) is 14.5 Å². The third-order valence-electron chi connectivity index (χ3n) is 3.72. The molecule has 0 spiro atoms. The number of carbonyl (C=O) groups excluding carboxylic acids is 2. The van der Waals surface area contributed by atoms with Crippen molar-refractivity contribution in [1.29, 1.82) is 0 Å². The molecule has 0 saturated carbocycles. The molecule has 132 valence electrons. The Morgan fingerprint density at radius 2 is 1.69 bits per heavy atom. The molecule has 3 aromatic rings. The van der Waals surface area contributed by atoms with E-state index in [1.54, 1.807) is 24.3 Å². The van der Waals surface area contributed by atoms with Gasteiger partial charge in [0.05, 0.1) is 11.1 Å². The van der Waals surface area contributed by atoms with E-state index in [1.807, 2.05) is 0 Å². The molecule has 0 unspecified atom stereocenters. The van der Waals surface area contributed by atoms with Gasteiger partial charge in [0.2, 0.25) is 0 Å². The van der Waals surface area contributed by atoms with Gasteiger partial charge in [0.25, 0.3) is 5.91 Å². The van der Waals surface area contributed by atoms with Crippen LogP contribution in [0.5, 0.6) is 0 Å². The van der Waals surface area contributed by atoms with Gasteiger partial charge in [-0.2, -0.15) is 0 Å². The molecule has 1 heterocycles. The molecule has 1 atom stereocenters. The minimum Gasteiger partial charge on any atom is -0.449 e. The number of hydrogen-bond donors (Lipinski definition) is 1. The summed E-state index contributed by atoms with van der Waals surface area (Å²) in [7, 11) is 0. The Morgan fingerprint density at radius 1 is 1.04 bits per heavy atom. The van der Waals surface area contributed by atoms with Crippen molar-refractivity contribution in [3.63, 3.8) is 0 Å². The Hall–Kier alpha value is -3.35. The molecule has 0 aliphatic carbocycles. The number of hydrogen-bond acceptors (Lipinski definition) is 4. The average Bonchev–Trinajstić information content (AvgIpc) is 2.64. The van der Waals surface area contributed by atoms with Crippen molar-refractivity contribution >= 4 is 28.5 Å². The van der Waals surface area contributed by atoms with Crippen LogP contribution >= 0.6 is 0 Å². The number of nitrogens with zero attached hydrogens (tertiary/aromatic N) is 1. The molecule has 7 heteroatoms. The van der Waals surface area contributed by atoms with Gasteiger partial charge in [0, 0.05) is 11.6 Å². The molecule has 0 radical (unpaired) electrons. The van der Waals surface area contributed by atoms with Gasteiger partial charge < -0.3 is 10.1 Å². The predicted molar refractivity (Wildman–Crippen MR) is 91.6 cm³/mol. The predicted octanol–water partition coefficient (Wildman–Crippen LogP) is 3.70. The van der Waals surface area contributed by atoms with E-state index in [-0.39, 0.29) is 5.56 Å². The molecule has 5 nitrogen and oxygen atoms in total. The Kier molecular flexibility index (Phi) is 4.88. The van der Waals surface area contributed by atoms with Crippen molar-refractivity contribution in [1.82, 2.24) is 4.98 Å². The third-order valence-corrected chi connectivity index (χ3v) is 3.72. The lowest BCUT2D eigenvalue weighted by Gasteiger charge is -2.14. The molecule has 0 saturated heterocycles. The van der Waals surface area contributed by atoms with Crippen LogP contribution in [0, 0.1) is 11.6 Å². The summed E-state index contributed by atoms with van der Waals surface area (Å²) in [5.41, 5.74) is 0.0415. The van der Waals surface area contributed by atoms with Crippen molar-refractivity contribution < 1.29 is 23.1 Å². The van der Waals surface area contributed by atoms with E-state index in [9.17, 15) is 18.4 Å². The minimum atomic E-state index is -1.26. The molecule has 3 rings (SSSR count). The lowest BCUT2D eigenvalue weighted by molar-refractivity contribution is -0.123. The summed E-state index contributed by atoms with van der Waals surface area (Å²) in [6.45, 7) is 1.31. The highest BCUT2D eigenvalue weighted by atomic mass is 19.1. The van der Waals surface area contributed by atoms with Crippen molar-refractivity contribution in [2.24, 2.45) is 0 Å². The number of esters is 1. The molecule has 0 bridgehead atoms. The van der Waals surface area contributed by atoms with Crippen LogP contribution in [0.25, 0.3) is 10.9 Å². The largest absolute Gasteiger partial charge is 0.449 e. The first-order valence-corrected chi connectivity index (χ1v) is 7.77. The van der Waals surface area contributed by atoms with E-state index in [0.717, 1.165) is 17.5 Å². The van der Waals surface area contributed by atoms with E-state index in [1.165, 1.54) is 25.3 Å². The maximum atomic E-state index is 13.6. The van der Waals surface area contributed by atoms with Gasteiger partial charge in [-0.15, -0.1) is 0 Å². The number of pyridine rings is 1. The zero-order valence-electron chi connectivity index (χ0n) is 13.7. The van der Waals surface area contributed by atoms with Gasteiger partial charge in [0.1, 0.15) is 17.3 Å². The molecule has 0 fully saturated rings. The number of aromatic nitrogens is 1. The normalized spacial score (nSPS) is 11.8. The molecule has 0 aliphatic heterocycles. The fourth-order valence-electron chi connectivity index (χ4n) is 2.39. The van der Waals surface area contributed by atoms with Crippen LogP contribution in [-0.2, 0) is 9.53 Å². The van der Waals surface area contributed by atoms with E-state index < -0.39 is 35.3 Å². The Morgan fingerprint density at radius 3 is 2.42 bits per heavy atom. The first kappa shape index (κ1) is 17.5. The monoisotopic (exact) mass is 356 g/mol. The number of halogens is 2. The number of rotatable bonds is 4. The van der Waals surface area contributed by atoms with Gasteiger partial charge >= 0.3 is 5.97 Å². The van der Waals surface area contributed by atoms with Crippen LogP contribution in [0.2, 0.25) is 0 Å². The lowest BCUT2D eigenvalue weighted by atomic mass is 10.1. The first-order chi connectivity index (χ1) is 12.5. The Labute approximate surface area is 147 Å². The summed E-state index contributed by atoms with van der Waals surface area (Å²) in [6, 6.07) is 11.7. The Bertz CT molecular complexity index is 966. The fraction of sp³-hybridized carbons (Fsp3) is 0.105. The highest BCUT2D eigenvalue weighted by molar-refractivity contribution is 6.04. The number of ether oxygens (including phenoxy) is 1. The molecule has 2 aromatic carbocycles. The van der Waals surface area contributed by atoms with Crippen LogP contribution < -0.4 is 5.32 Å². The average molecular weight is 356 g/mol. The molecular formula is C19H14F2N2O3. The summed E-state index contributed by atoms with van der Waals surface area (Å²) >= 11 is 0. The molecule has 0 aliphatic rings. The van der Waals surface area contributed by atoms with E-state index in [0.29, 0.717) is 5.52 Å². The molecule has 1 N–H and O–H groups in total. The van der Waals surface area contributed by atoms with Crippen molar-refractivity contribution in [2.75, 3.05) is 5.32 Å². The maximum absolute atomic E-state index is 13.6. The molecular weight excluding hydrogens is 342 g/mol. The first-order valence-electron chi connectivity index (χ1n) is 7.77. The molecule has 1 amide bonds. The SMILES string of the molecule is C[C@H](OC(=O)c1cccc2cccnc12)C(=O)Nc1c(F)cccc1F. The summed E-state index contributed by atoms with van der Waals surface area (Å²) in [6.07, 6.45) is 0.274. The number of anilines is 1. The number of nitrogens with one attached hydrogen (secondary N) is 1. The minimum absolute atomic E-state index is 0.194. The maximum Gasteiger partial charge on any atom is 0.341 e. The summed E-state index contributed by atoms with van der Waals surface area (Å²) in [4.78, 5) is 28.6. The number of amides is 1. The highest BCUT2D eigenvalue weighted by Gasteiger charge is 2.22. The standard InChI is InChI=1S/C19H14F2N2O3/c1-11(18(24)23-17-14(20)8-3-9-15(17)21)26-19(25)13-7-2-5-12-6-4-10-22-16(12)13/h2-11H,1H3,(H,23,24)/t11-/m0/s1. The topological polar surface area (TPSA) is 68.3 Å². The number of benzene rings is 2. The zero-order chi connectivity index (χ0) is 18.7. The van der Waals surface area contributed by atoms with Crippen LogP contribution in [-0.4, -0.2) is 23.0 Å². The second kappa shape index (κ2) is 7.26. The lowest BCUT2D eigenvalue weighted by Crippen LogP contribution is -2.30. The quantitative estimate of drug-likeness (QED) is 0.724. The van der Waals surface area contributed by atoms with Crippen molar-refractivity contribution in [2.45, 2.75) is 13.0 Å². The smallest absolute Gasteiger partial charge is 0.341 e. The van der Waals surface area contributed by atoms with Gasteiger partial charge in [-0.1, -0.05) is 24.3 Å². The third kappa shape index (κ3) is 3.51. The summed E-state index contributed by atoms with van der Waals surface area (Å²) < 4.78 is 32.3. The van der Waals surface area contributed by atoms with Crippen LogP contribution in [0.15, 0.2) is 54.7 Å². The highest BCUT2D eigenvalue weighted by Crippen LogP contribution is 2.20. The van der Waals surface area contributed by atoms with Gasteiger partial charge in [-0.25, -0.2) is 13.6 Å². The molecule has 26 heavy (non-hydrogen) atoms. The van der Waals surface area contributed by atoms with E-state index >= 15 is 0 Å². The number of fused-ring (bicyclic) bond motifs is 1. The molecule has 1 aromatic heterocycles.